The molecule has 0 fully saturated rings. The van der Waals surface area contributed by atoms with Crippen molar-refractivity contribution in [2.24, 2.45) is 5.92 Å². The van der Waals surface area contributed by atoms with Crippen LogP contribution in [0.25, 0.3) is 21.3 Å². The normalized spacial score (nSPS) is 12.2. The second-order valence-electron chi connectivity index (χ2n) is 7.94. The monoisotopic (exact) mass is 465 g/mol. The number of nitrogens with zero attached hydrogens (tertiary/aromatic N) is 1. The van der Waals surface area contributed by atoms with Gasteiger partial charge in [-0.05, 0) is 52.9 Å². The van der Waals surface area contributed by atoms with Crippen LogP contribution in [0.1, 0.15) is 19.4 Å². The third-order valence-electron chi connectivity index (χ3n) is 5.26. The summed E-state index contributed by atoms with van der Waals surface area (Å²) >= 11 is 8.12. The van der Waals surface area contributed by atoms with Gasteiger partial charge in [0.1, 0.15) is 6.04 Å². The number of anilines is 2. The van der Waals surface area contributed by atoms with E-state index in [9.17, 15) is 9.90 Å². The summed E-state index contributed by atoms with van der Waals surface area (Å²) in [5.41, 5.74) is 4.88. The molecule has 1 heterocycles. The van der Waals surface area contributed by atoms with Crippen molar-refractivity contribution in [3.05, 3.63) is 77.3 Å². The number of rotatable bonds is 8. The van der Waals surface area contributed by atoms with E-state index in [0.717, 1.165) is 37.7 Å². The minimum Gasteiger partial charge on any atom is -0.480 e. The lowest BCUT2D eigenvalue weighted by molar-refractivity contribution is -0.140. The van der Waals surface area contributed by atoms with Crippen LogP contribution in [-0.2, 0) is 11.3 Å². The molecule has 0 amide bonds. The number of para-hydroxylation sites is 1. The molecular formula is C25H24ClN3O2S. The SMILES string of the molecule is CC(C)[C@H](NCc1ccc(-c2ccc(Nc3nc4ccccc4s3)cc2)cc1Cl)C(=O)O. The van der Waals surface area contributed by atoms with E-state index >= 15 is 0 Å². The quantitative estimate of drug-likeness (QED) is 0.275. The average molecular weight is 466 g/mol. The second-order valence-corrected chi connectivity index (χ2v) is 9.37. The maximum atomic E-state index is 11.4. The first-order valence-corrected chi connectivity index (χ1v) is 11.6. The van der Waals surface area contributed by atoms with E-state index in [2.05, 4.69) is 21.7 Å². The summed E-state index contributed by atoms with van der Waals surface area (Å²) in [6.45, 7) is 4.16. The molecule has 0 unspecified atom stereocenters. The standard InChI is InChI=1S/C25H24ClN3O2S/c1-15(2)23(24(30)31)27-14-18-8-7-17(13-20(18)26)16-9-11-19(12-10-16)28-25-29-21-5-3-4-6-22(21)32-25/h3-13,15,23,27H,14H2,1-2H3,(H,28,29)(H,30,31)/t23-/m0/s1. The number of fused-ring (bicyclic) bond motifs is 1. The van der Waals surface area contributed by atoms with E-state index in [-0.39, 0.29) is 5.92 Å². The van der Waals surface area contributed by atoms with Crippen molar-refractivity contribution >= 4 is 49.9 Å². The Labute approximate surface area is 196 Å². The number of benzene rings is 3. The maximum Gasteiger partial charge on any atom is 0.320 e. The summed E-state index contributed by atoms with van der Waals surface area (Å²) in [4.78, 5) is 16.0. The Morgan fingerprint density at radius 3 is 2.44 bits per heavy atom. The van der Waals surface area contributed by atoms with Crippen LogP contribution in [0.4, 0.5) is 10.8 Å². The number of carboxylic acid groups (broad SMARTS) is 1. The van der Waals surface area contributed by atoms with Gasteiger partial charge in [-0.15, -0.1) is 0 Å². The van der Waals surface area contributed by atoms with Crippen LogP contribution in [0.3, 0.4) is 0 Å². The van der Waals surface area contributed by atoms with Gasteiger partial charge in [-0.3, -0.25) is 4.79 Å². The van der Waals surface area contributed by atoms with Gasteiger partial charge in [0.05, 0.1) is 10.2 Å². The Morgan fingerprint density at radius 2 is 1.78 bits per heavy atom. The molecule has 3 aromatic carbocycles. The second kappa shape index (κ2) is 9.69. The lowest BCUT2D eigenvalue weighted by atomic mass is 10.0. The number of aromatic nitrogens is 1. The van der Waals surface area contributed by atoms with Crippen LogP contribution in [0.5, 0.6) is 0 Å². The molecule has 4 aromatic rings. The molecule has 4 rings (SSSR count). The molecule has 0 saturated carbocycles. The fourth-order valence-corrected chi connectivity index (χ4v) is 4.63. The van der Waals surface area contributed by atoms with Gasteiger partial charge in [-0.2, -0.15) is 0 Å². The smallest absolute Gasteiger partial charge is 0.320 e. The van der Waals surface area contributed by atoms with Gasteiger partial charge in [0, 0.05) is 17.3 Å². The molecule has 0 bridgehead atoms. The summed E-state index contributed by atoms with van der Waals surface area (Å²) < 4.78 is 1.15. The number of aliphatic carboxylic acids is 1. The first kappa shape index (κ1) is 22.3. The molecule has 1 aromatic heterocycles. The highest BCUT2D eigenvalue weighted by atomic mass is 35.5. The van der Waals surface area contributed by atoms with Crippen molar-refractivity contribution < 1.29 is 9.90 Å². The number of halogens is 1. The zero-order valence-corrected chi connectivity index (χ0v) is 19.4. The molecule has 32 heavy (non-hydrogen) atoms. The molecule has 0 aliphatic rings. The summed E-state index contributed by atoms with van der Waals surface area (Å²) in [6, 6.07) is 21.4. The van der Waals surface area contributed by atoms with E-state index < -0.39 is 12.0 Å². The van der Waals surface area contributed by atoms with Crippen molar-refractivity contribution in [1.82, 2.24) is 10.3 Å². The van der Waals surface area contributed by atoms with Crippen LogP contribution in [0.15, 0.2) is 66.7 Å². The van der Waals surface area contributed by atoms with Crippen LogP contribution < -0.4 is 10.6 Å². The molecule has 3 N–H and O–H groups in total. The molecule has 7 heteroatoms. The fourth-order valence-electron chi connectivity index (χ4n) is 3.49. The van der Waals surface area contributed by atoms with E-state index in [0.29, 0.717) is 11.6 Å². The van der Waals surface area contributed by atoms with E-state index in [1.807, 2.05) is 74.5 Å². The average Bonchev–Trinajstić information content (AvgIpc) is 3.17. The maximum absolute atomic E-state index is 11.4. The molecule has 0 saturated heterocycles. The van der Waals surface area contributed by atoms with Gasteiger partial charge in [-0.1, -0.05) is 73.2 Å². The zero-order chi connectivity index (χ0) is 22.7. The predicted octanol–water partition coefficient (Wildman–Crippen LogP) is 6.56. The van der Waals surface area contributed by atoms with E-state index in [1.54, 1.807) is 11.3 Å². The lowest BCUT2D eigenvalue weighted by Gasteiger charge is -2.18. The number of nitrogens with one attached hydrogen (secondary N) is 2. The number of carboxylic acids is 1. The number of hydrogen-bond donors (Lipinski definition) is 3. The van der Waals surface area contributed by atoms with Gasteiger partial charge >= 0.3 is 5.97 Å². The minimum absolute atomic E-state index is 0.0135. The Balaban J connectivity index is 1.44. The lowest BCUT2D eigenvalue weighted by Crippen LogP contribution is -2.40. The van der Waals surface area contributed by atoms with E-state index in [4.69, 9.17) is 11.6 Å². The van der Waals surface area contributed by atoms with Crippen molar-refractivity contribution in [2.75, 3.05) is 5.32 Å². The number of carbonyl (C=O) groups is 1. The first-order valence-electron chi connectivity index (χ1n) is 10.4. The van der Waals surface area contributed by atoms with Crippen LogP contribution in [0.2, 0.25) is 5.02 Å². The Bertz CT molecular complexity index is 1200. The van der Waals surface area contributed by atoms with Gasteiger partial charge in [0.25, 0.3) is 0 Å². The van der Waals surface area contributed by atoms with E-state index in [1.165, 1.54) is 0 Å². The Hall–Kier alpha value is -2.93. The highest BCUT2D eigenvalue weighted by Gasteiger charge is 2.20. The summed E-state index contributed by atoms with van der Waals surface area (Å²) in [5.74, 6) is -0.868. The van der Waals surface area contributed by atoms with Crippen molar-refractivity contribution in [2.45, 2.75) is 26.4 Å². The van der Waals surface area contributed by atoms with Gasteiger partial charge < -0.3 is 15.7 Å². The molecule has 164 valence electrons. The third-order valence-corrected chi connectivity index (χ3v) is 6.57. The predicted molar refractivity (Wildman–Crippen MR) is 133 cm³/mol. The molecule has 0 aliphatic heterocycles. The fraction of sp³-hybridized carbons (Fsp3) is 0.200. The molecular weight excluding hydrogens is 442 g/mol. The van der Waals surface area contributed by atoms with Crippen LogP contribution in [0, 0.1) is 5.92 Å². The molecule has 1 atom stereocenters. The first-order chi connectivity index (χ1) is 15.4. The van der Waals surface area contributed by atoms with Gasteiger partial charge in [0.15, 0.2) is 5.13 Å². The van der Waals surface area contributed by atoms with Crippen LogP contribution >= 0.6 is 22.9 Å². The van der Waals surface area contributed by atoms with Gasteiger partial charge in [0.2, 0.25) is 0 Å². The zero-order valence-electron chi connectivity index (χ0n) is 17.8. The number of hydrogen-bond acceptors (Lipinski definition) is 5. The largest absolute Gasteiger partial charge is 0.480 e. The highest BCUT2D eigenvalue weighted by Crippen LogP contribution is 2.30. The molecule has 0 spiro atoms. The Morgan fingerprint density at radius 1 is 1.06 bits per heavy atom. The third kappa shape index (κ3) is 5.10. The van der Waals surface area contributed by atoms with Crippen molar-refractivity contribution in [1.29, 1.82) is 0 Å². The minimum atomic E-state index is -0.854. The summed E-state index contributed by atoms with van der Waals surface area (Å²) in [7, 11) is 0. The van der Waals surface area contributed by atoms with Crippen molar-refractivity contribution in [3.63, 3.8) is 0 Å². The summed E-state index contributed by atoms with van der Waals surface area (Å²) in [6.07, 6.45) is 0. The molecule has 0 radical (unpaired) electrons. The Kier molecular flexibility index (Phi) is 6.74. The van der Waals surface area contributed by atoms with Crippen molar-refractivity contribution in [3.8, 4) is 11.1 Å². The molecule has 5 nitrogen and oxygen atoms in total. The number of thiazole rings is 1. The summed E-state index contributed by atoms with van der Waals surface area (Å²) in [5, 5.41) is 17.2. The highest BCUT2D eigenvalue weighted by molar-refractivity contribution is 7.22. The van der Waals surface area contributed by atoms with Gasteiger partial charge in [-0.25, -0.2) is 4.98 Å². The van der Waals surface area contributed by atoms with Crippen LogP contribution in [-0.4, -0.2) is 22.1 Å². The molecule has 0 aliphatic carbocycles. The topological polar surface area (TPSA) is 74.2 Å².